The van der Waals surface area contributed by atoms with Crippen LogP contribution in [0.5, 0.6) is 11.5 Å². The SMILES string of the molecule is C#CCOCC(C)(COC(=S)C(C)Oc1ccc2ncc(C#C)cc2c1)NC(=O)C(Oc1ccc2ncc(C#C)cc2c1)SC. The van der Waals surface area contributed by atoms with E-state index < -0.39 is 17.1 Å². The molecule has 4 rings (SSSR count). The first kappa shape index (κ1) is 33.1. The number of amides is 1. The molecule has 3 unspecified atom stereocenters. The molecule has 2 heterocycles. The molecule has 0 aliphatic carbocycles. The van der Waals surface area contributed by atoms with Gasteiger partial charge in [0.2, 0.25) is 10.5 Å². The van der Waals surface area contributed by atoms with Crippen molar-refractivity contribution >= 4 is 56.7 Å². The number of nitrogens with zero attached hydrogens (tertiary/aromatic N) is 2. The summed E-state index contributed by atoms with van der Waals surface area (Å²) in [4.78, 5) is 22.1. The molecular weight excluding hydrogens is 607 g/mol. The van der Waals surface area contributed by atoms with Crippen LogP contribution in [0.2, 0.25) is 0 Å². The molecule has 0 fully saturated rings. The van der Waals surface area contributed by atoms with E-state index in [1.165, 1.54) is 11.8 Å². The second-order valence-corrected chi connectivity index (χ2v) is 11.5. The maximum absolute atomic E-state index is 13.4. The van der Waals surface area contributed by atoms with Crippen molar-refractivity contribution in [3.8, 4) is 48.5 Å². The van der Waals surface area contributed by atoms with Crippen molar-refractivity contribution in [2.45, 2.75) is 30.9 Å². The summed E-state index contributed by atoms with van der Waals surface area (Å²) in [6.07, 6.45) is 20.8. The average molecular weight is 638 g/mol. The molecule has 2 aromatic carbocycles. The molecule has 0 saturated carbocycles. The molecule has 2 aromatic heterocycles. The van der Waals surface area contributed by atoms with E-state index in [0.717, 1.165) is 21.8 Å². The quantitative estimate of drug-likeness (QED) is 0.0925. The first-order valence-electron chi connectivity index (χ1n) is 13.8. The fourth-order valence-corrected chi connectivity index (χ4v) is 4.85. The van der Waals surface area contributed by atoms with Gasteiger partial charge in [-0.15, -0.1) is 31.0 Å². The van der Waals surface area contributed by atoms with Gasteiger partial charge in [-0.25, -0.2) is 0 Å². The fourth-order valence-electron chi connectivity index (χ4n) is 4.26. The van der Waals surface area contributed by atoms with Gasteiger partial charge in [0.25, 0.3) is 5.91 Å². The van der Waals surface area contributed by atoms with Crippen molar-refractivity contribution in [2.24, 2.45) is 0 Å². The van der Waals surface area contributed by atoms with E-state index in [9.17, 15) is 4.79 Å². The first-order chi connectivity index (χ1) is 21.7. The summed E-state index contributed by atoms with van der Waals surface area (Å²) >= 11 is 6.76. The van der Waals surface area contributed by atoms with Gasteiger partial charge in [-0.1, -0.05) is 17.8 Å². The van der Waals surface area contributed by atoms with Gasteiger partial charge in [0.15, 0.2) is 6.10 Å². The summed E-state index contributed by atoms with van der Waals surface area (Å²) < 4.78 is 23.6. The number of carbonyl (C=O) groups excluding carboxylic acids is 1. The molecule has 0 aliphatic heterocycles. The Balaban J connectivity index is 1.41. The fraction of sp³-hybridized carbons (Fsp3) is 0.257. The standard InChI is InChI=1S/C35H31N3O5S2/c1-7-14-40-21-35(5,22-41-33(44)23(4)42-28-10-12-30-26(17-28)15-24(8-2)19-36-30)38-32(39)34(45-6)43-29-11-13-31-27(18-29)16-25(9-3)20-37-31/h1-3,10-13,15-20,23,34H,14,21-22H2,4-6H3,(H,38,39). The number of hydrogen-bond acceptors (Lipinski definition) is 9. The zero-order valence-corrected chi connectivity index (χ0v) is 26.7. The van der Waals surface area contributed by atoms with Crippen LogP contribution in [0.15, 0.2) is 60.9 Å². The number of hydrogen-bond donors (Lipinski definition) is 1. The summed E-state index contributed by atoms with van der Waals surface area (Å²) in [5.74, 6) is 8.25. The minimum Gasteiger partial charge on any atom is -0.482 e. The van der Waals surface area contributed by atoms with Crippen LogP contribution in [0.1, 0.15) is 25.0 Å². The third-order valence-corrected chi connectivity index (χ3v) is 7.71. The molecule has 4 aromatic rings. The van der Waals surface area contributed by atoms with E-state index in [1.807, 2.05) is 24.3 Å². The van der Waals surface area contributed by atoms with Crippen LogP contribution in [0, 0.1) is 37.0 Å². The topological polar surface area (TPSA) is 91.8 Å². The van der Waals surface area contributed by atoms with Gasteiger partial charge < -0.3 is 24.3 Å². The highest BCUT2D eigenvalue weighted by Crippen LogP contribution is 2.25. The Kier molecular flexibility index (Phi) is 11.2. The Hall–Kier alpha value is -4.79. The molecule has 0 aliphatic rings. The number of thiocarbonyl (C=S) groups is 1. The van der Waals surface area contributed by atoms with E-state index in [1.54, 1.807) is 56.8 Å². The normalized spacial score (nSPS) is 13.3. The number of carbonyl (C=O) groups is 1. The lowest BCUT2D eigenvalue weighted by atomic mass is 10.1. The number of benzene rings is 2. The van der Waals surface area contributed by atoms with E-state index in [4.69, 9.17) is 50.4 Å². The van der Waals surface area contributed by atoms with Crippen molar-refractivity contribution in [2.75, 3.05) is 26.1 Å². The summed E-state index contributed by atoms with van der Waals surface area (Å²) in [5.41, 5.74) is 0.963. The highest BCUT2D eigenvalue weighted by molar-refractivity contribution is 7.99. The van der Waals surface area contributed by atoms with Crippen LogP contribution in [0.3, 0.4) is 0 Å². The molecule has 228 valence electrons. The van der Waals surface area contributed by atoms with Crippen molar-refractivity contribution in [3.05, 3.63) is 72.1 Å². The minimum absolute atomic E-state index is 0.0133. The Morgan fingerprint density at radius 2 is 1.53 bits per heavy atom. The number of terminal acetylenes is 3. The predicted molar refractivity (Wildman–Crippen MR) is 182 cm³/mol. The van der Waals surface area contributed by atoms with Gasteiger partial charge >= 0.3 is 0 Å². The van der Waals surface area contributed by atoms with Gasteiger partial charge in [0.1, 0.15) is 24.7 Å². The summed E-state index contributed by atoms with van der Waals surface area (Å²) in [6.45, 7) is 3.65. The first-order valence-corrected chi connectivity index (χ1v) is 15.5. The number of ether oxygens (including phenoxy) is 4. The molecule has 10 heteroatoms. The Morgan fingerprint density at radius 3 is 2.07 bits per heavy atom. The Bertz CT molecular complexity index is 1840. The number of fused-ring (bicyclic) bond motifs is 2. The molecular formula is C35H31N3O5S2. The van der Waals surface area contributed by atoms with Crippen molar-refractivity contribution in [1.82, 2.24) is 15.3 Å². The van der Waals surface area contributed by atoms with Gasteiger partial charge in [-0.3, -0.25) is 14.8 Å². The van der Waals surface area contributed by atoms with Gasteiger partial charge in [-0.2, -0.15) is 0 Å². The molecule has 3 atom stereocenters. The van der Waals surface area contributed by atoms with E-state index in [2.05, 4.69) is 33.0 Å². The van der Waals surface area contributed by atoms with Crippen LogP contribution in [-0.2, 0) is 14.3 Å². The van der Waals surface area contributed by atoms with Gasteiger partial charge in [0, 0.05) is 34.3 Å². The highest BCUT2D eigenvalue weighted by atomic mass is 32.2. The van der Waals surface area contributed by atoms with Gasteiger partial charge in [-0.05, 0) is 80.9 Å². The average Bonchev–Trinajstić information content (AvgIpc) is 3.05. The van der Waals surface area contributed by atoms with E-state index in [0.29, 0.717) is 22.6 Å². The maximum atomic E-state index is 13.4. The highest BCUT2D eigenvalue weighted by Gasteiger charge is 2.33. The molecule has 1 N–H and O–H groups in total. The maximum Gasteiger partial charge on any atom is 0.272 e. The van der Waals surface area contributed by atoms with Crippen molar-refractivity contribution in [1.29, 1.82) is 0 Å². The van der Waals surface area contributed by atoms with Gasteiger partial charge in [0.05, 0.1) is 23.2 Å². The number of nitrogens with one attached hydrogen (secondary N) is 1. The molecule has 45 heavy (non-hydrogen) atoms. The molecule has 0 radical (unpaired) electrons. The molecule has 0 spiro atoms. The number of rotatable bonds is 13. The molecule has 1 amide bonds. The van der Waals surface area contributed by atoms with E-state index in [-0.39, 0.29) is 30.8 Å². The lowest BCUT2D eigenvalue weighted by Gasteiger charge is -2.32. The predicted octanol–water partition coefficient (Wildman–Crippen LogP) is 5.15. The van der Waals surface area contributed by atoms with E-state index >= 15 is 0 Å². The second-order valence-electron chi connectivity index (χ2n) is 10.2. The lowest BCUT2D eigenvalue weighted by molar-refractivity contribution is -0.127. The van der Waals surface area contributed by atoms with Crippen molar-refractivity contribution in [3.63, 3.8) is 0 Å². The zero-order valence-electron chi connectivity index (χ0n) is 25.0. The lowest BCUT2D eigenvalue weighted by Crippen LogP contribution is -2.56. The zero-order chi connectivity index (χ0) is 32.4. The Morgan fingerprint density at radius 1 is 0.956 bits per heavy atom. The minimum atomic E-state index is -1.01. The number of thioether (sulfide) groups is 1. The smallest absolute Gasteiger partial charge is 0.272 e. The largest absolute Gasteiger partial charge is 0.482 e. The molecule has 0 saturated heterocycles. The monoisotopic (exact) mass is 637 g/mol. The number of pyridine rings is 2. The summed E-state index contributed by atoms with van der Waals surface area (Å²) in [5, 5.41) is 4.82. The van der Waals surface area contributed by atoms with Crippen LogP contribution in [0.25, 0.3) is 21.8 Å². The van der Waals surface area contributed by atoms with Crippen LogP contribution in [-0.4, -0.2) is 64.1 Å². The summed E-state index contributed by atoms with van der Waals surface area (Å²) in [7, 11) is 0. The van der Waals surface area contributed by atoms with Crippen LogP contribution < -0.4 is 14.8 Å². The molecule has 0 bridgehead atoms. The summed E-state index contributed by atoms with van der Waals surface area (Å²) in [6, 6.07) is 14.5. The molecule has 8 nitrogen and oxygen atoms in total. The number of aromatic nitrogens is 2. The third-order valence-electron chi connectivity index (χ3n) is 6.52. The second kappa shape index (κ2) is 15.3. The third kappa shape index (κ3) is 8.88. The van der Waals surface area contributed by atoms with Crippen molar-refractivity contribution < 1.29 is 23.7 Å². The Labute approximate surface area is 272 Å². The van der Waals surface area contributed by atoms with Crippen LogP contribution in [0.4, 0.5) is 0 Å². The van der Waals surface area contributed by atoms with Crippen LogP contribution >= 0.6 is 24.0 Å².